The zero-order chi connectivity index (χ0) is 9.26. The summed E-state index contributed by atoms with van der Waals surface area (Å²) < 4.78 is 0. The largest absolute Gasteiger partial charge is 0.341 e. The lowest BCUT2D eigenvalue weighted by Gasteiger charge is -2.21. The van der Waals surface area contributed by atoms with Crippen LogP contribution in [-0.2, 0) is 4.84 Å². The van der Waals surface area contributed by atoms with Crippen molar-refractivity contribution in [3.8, 4) is 0 Å². The maximum atomic E-state index is 11.6. The quantitative estimate of drug-likeness (QED) is 0.657. The average molecular weight is 184 g/mol. The van der Waals surface area contributed by atoms with Crippen molar-refractivity contribution in [3.63, 3.8) is 0 Å². The summed E-state index contributed by atoms with van der Waals surface area (Å²) in [5, 5.41) is 0. The molecule has 0 aromatic rings. The lowest BCUT2D eigenvalue weighted by atomic mass is 10.0. The van der Waals surface area contributed by atoms with Gasteiger partial charge in [0.2, 0.25) is 0 Å². The summed E-state index contributed by atoms with van der Waals surface area (Å²) in [5.74, 6) is 0. The van der Waals surface area contributed by atoms with Gasteiger partial charge in [-0.05, 0) is 32.6 Å². The van der Waals surface area contributed by atoms with Gasteiger partial charge in [-0.3, -0.25) is 4.84 Å². The maximum absolute atomic E-state index is 11.6. The number of amides is 2. The van der Waals surface area contributed by atoms with Crippen LogP contribution >= 0.6 is 0 Å². The van der Waals surface area contributed by atoms with Crippen LogP contribution in [0.1, 0.15) is 32.6 Å². The minimum absolute atomic E-state index is 0.0492. The molecule has 2 rings (SSSR count). The van der Waals surface area contributed by atoms with Crippen LogP contribution in [0.5, 0.6) is 0 Å². The highest BCUT2D eigenvalue weighted by atomic mass is 16.7. The van der Waals surface area contributed by atoms with Crippen LogP contribution in [0.4, 0.5) is 4.79 Å². The molecule has 74 valence electrons. The lowest BCUT2D eigenvalue weighted by Crippen LogP contribution is -2.42. The minimum Gasteiger partial charge on any atom is -0.317 e. The zero-order valence-corrected chi connectivity index (χ0v) is 7.95. The molecule has 2 bridgehead atoms. The lowest BCUT2D eigenvalue weighted by molar-refractivity contribution is 0.0535. The number of rotatable bonds is 2. The number of nitrogens with one attached hydrogen (secondary N) is 1. The van der Waals surface area contributed by atoms with E-state index in [2.05, 4.69) is 5.48 Å². The van der Waals surface area contributed by atoms with Crippen LogP contribution in [0.15, 0.2) is 0 Å². The van der Waals surface area contributed by atoms with Crippen molar-refractivity contribution in [1.29, 1.82) is 0 Å². The van der Waals surface area contributed by atoms with Crippen molar-refractivity contribution in [2.24, 2.45) is 0 Å². The van der Waals surface area contributed by atoms with Crippen molar-refractivity contribution in [3.05, 3.63) is 0 Å². The molecule has 2 amide bonds. The molecule has 2 saturated heterocycles. The molecule has 4 heteroatoms. The highest BCUT2D eigenvalue weighted by Crippen LogP contribution is 2.37. The van der Waals surface area contributed by atoms with Gasteiger partial charge in [-0.25, -0.2) is 10.3 Å². The van der Waals surface area contributed by atoms with Crippen LogP contribution in [0.2, 0.25) is 0 Å². The first-order valence-corrected chi connectivity index (χ1v) is 5.03. The predicted molar refractivity (Wildman–Crippen MR) is 48.0 cm³/mol. The number of carbonyl (C=O) groups is 1. The van der Waals surface area contributed by atoms with Crippen LogP contribution < -0.4 is 5.48 Å². The molecule has 0 atom stereocenters. The smallest absolute Gasteiger partial charge is 0.317 e. The van der Waals surface area contributed by atoms with Gasteiger partial charge in [0.25, 0.3) is 0 Å². The fourth-order valence-electron chi connectivity index (χ4n) is 2.43. The second-order valence-corrected chi connectivity index (χ2v) is 3.71. The van der Waals surface area contributed by atoms with Gasteiger partial charge in [0, 0.05) is 12.1 Å². The third-order valence-corrected chi connectivity index (χ3v) is 2.99. The van der Waals surface area contributed by atoms with E-state index in [0.717, 1.165) is 0 Å². The molecule has 4 nitrogen and oxygen atoms in total. The Bertz CT molecular complexity index is 188. The van der Waals surface area contributed by atoms with Crippen LogP contribution in [0.25, 0.3) is 0 Å². The fraction of sp³-hybridized carbons (Fsp3) is 0.889. The maximum Gasteiger partial charge on any atom is 0.341 e. The van der Waals surface area contributed by atoms with Crippen molar-refractivity contribution >= 4 is 6.03 Å². The SMILES string of the molecule is CCONC(=O)N1C2CCC1CC2. The number of nitrogens with zero attached hydrogens (tertiary/aromatic N) is 1. The van der Waals surface area contributed by atoms with Crippen molar-refractivity contribution in [2.45, 2.75) is 44.7 Å². The number of urea groups is 1. The molecule has 13 heavy (non-hydrogen) atoms. The van der Waals surface area contributed by atoms with Crippen LogP contribution in [0.3, 0.4) is 0 Å². The van der Waals surface area contributed by atoms with Gasteiger partial charge in [0.15, 0.2) is 0 Å². The van der Waals surface area contributed by atoms with Gasteiger partial charge in [-0.2, -0.15) is 0 Å². The fourth-order valence-corrected chi connectivity index (χ4v) is 2.43. The van der Waals surface area contributed by atoms with Crippen molar-refractivity contribution in [1.82, 2.24) is 10.4 Å². The summed E-state index contributed by atoms with van der Waals surface area (Å²) in [4.78, 5) is 18.4. The minimum atomic E-state index is -0.0492. The summed E-state index contributed by atoms with van der Waals surface area (Å²) in [6.07, 6.45) is 4.68. The molecule has 2 aliphatic rings. The normalized spacial score (nSPS) is 31.0. The summed E-state index contributed by atoms with van der Waals surface area (Å²) in [6.45, 7) is 2.38. The van der Waals surface area contributed by atoms with E-state index in [-0.39, 0.29) is 6.03 Å². The van der Waals surface area contributed by atoms with E-state index >= 15 is 0 Å². The molecular weight excluding hydrogens is 168 g/mol. The summed E-state index contributed by atoms with van der Waals surface area (Å²) in [6, 6.07) is 0.905. The van der Waals surface area contributed by atoms with Gasteiger partial charge in [-0.15, -0.1) is 0 Å². The van der Waals surface area contributed by atoms with Crippen LogP contribution in [-0.4, -0.2) is 29.6 Å². The Hall–Kier alpha value is -0.770. The molecular formula is C9H16N2O2. The van der Waals surface area contributed by atoms with E-state index in [0.29, 0.717) is 18.7 Å². The Morgan fingerprint density at radius 3 is 2.38 bits per heavy atom. The second-order valence-electron chi connectivity index (χ2n) is 3.71. The highest BCUT2D eigenvalue weighted by Gasteiger charge is 2.42. The Morgan fingerprint density at radius 2 is 1.92 bits per heavy atom. The second kappa shape index (κ2) is 3.54. The van der Waals surface area contributed by atoms with Gasteiger partial charge in [0.1, 0.15) is 0 Å². The van der Waals surface area contributed by atoms with E-state index in [1.165, 1.54) is 25.7 Å². The zero-order valence-electron chi connectivity index (χ0n) is 7.95. The van der Waals surface area contributed by atoms with Gasteiger partial charge >= 0.3 is 6.03 Å². The van der Waals surface area contributed by atoms with Crippen LogP contribution in [0, 0.1) is 0 Å². The van der Waals surface area contributed by atoms with Gasteiger partial charge in [-0.1, -0.05) is 0 Å². The first kappa shape index (κ1) is 8.81. The summed E-state index contributed by atoms with van der Waals surface area (Å²) in [7, 11) is 0. The topological polar surface area (TPSA) is 41.6 Å². The molecule has 0 unspecified atom stereocenters. The Morgan fingerprint density at radius 1 is 1.38 bits per heavy atom. The number of carbonyl (C=O) groups excluding carboxylic acids is 1. The average Bonchev–Trinajstić information content (AvgIpc) is 2.73. The molecule has 2 heterocycles. The van der Waals surface area contributed by atoms with Crippen molar-refractivity contribution in [2.75, 3.05) is 6.61 Å². The van der Waals surface area contributed by atoms with E-state index in [9.17, 15) is 4.79 Å². The van der Waals surface area contributed by atoms with E-state index < -0.39 is 0 Å². The third kappa shape index (κ3) is 1.50. The van der Waals surface area contributed by atoms with Gasteiger partial charge < -0.3 is 4.90 Å². The molecule has 0 aromatic heterocycles. The number of fused-ring (bicyclic) bond motifs is 2. The molecule has 1 N–H and O–H groups in total. The first-order valence-electron chi connectivity index (χ1n) is 5.03. The highest BCUT2D eigenvalue weighted by molar-refractivity contribution is 5.74. The van der Waals surface area contributed by atoms with E-state index in [1.807, 2.05) is 11.8 Å². The van der Waals surface area contributed by atoms with E-state index in [1.54, 1.807) is 0 Å². The molecule has 2 fully saturated rings. The summed E-state index contributed by atoms with van der Waals surface area (Å²) >= 11 is 0. The third-order valence-electron chi connectivity index (χ3n) is 2.99. The molecule has 0 aromatic carbocycles. The molecule has 0 aliphatic carbocycles. The number of hydrogen-bond acceptors (Lipinski definition) is 2. The molecule has 0 saturated carbocycles. The Balaban J connectivity index is 1.90. The van der Waals surface area contributed by atoms with E-state index in [4.69, 9.17) is 4.84 Å². The Kier molecular flexibility index (Phi) is 2.40. The van der Waals surface area contributed by atoms with Gasteiger partial charge in [0.05, 0.1) is 6.61 Å². The van der Waals surface area contributed by atoms with Crippen molar-refractivity contribution < 1.29 is 9.63 Å². The Labute approximate surface area is 78.2 Å². The number of hydroxylamine groups is 1. The standard InChI is InChI=1S/C9H16N2O2/c1-2-13-10-9(12)11-7-3-4-8(11)6-5-7/h7-8H,2-6H2,1H3,(H,10,12). The molecule has 0 spiro atoms. The monoisotopic (exact) mass is 184 g/mol. The number of hydrogen-bond donors (Lipinski definition) is 1. The molecule has 2 aliphatic heterocycles. The first-order chi connectivity index (χ1) is 6.33. The predicted octanol–water partition coefficient (Wildman–Crippen LogP) is 1.27. The summed E-state index contributed by atoms with van der Waals surface area (Å²) in [5.41, 5.74) is 2.46. The molecule has 0 radical (unpaired) electrons.